The normalized spacial score (nSPS) is 14.3. The van der Waals surface area contributed by atoms with Crippen LogP contribution in [0.5, 0.6) is 0 Å². The van der Waals surface area contributed by atoms with Gasteiger partial charge in [-0.25, -0.2) is 14.2 Å². The predicted molar refractivity (Wildman–Crippen MR) is 130 cm³/mol. The van der Waals surface area contributed by atoms with Crippen molar-refractivity contribution in [2.75, 3.05) is 31.1 Å². The van der Waals surface area contributed by atoms with Gasteiger partial charge >= 0.3 is 17.8 Å². The quantitative estimate of drug-likeness (QED) is 0.333. The number of oxazole rings is 1. The molecule has 0 saturated carbocycles. The third-order valence-electron chi connectivity index (χ3n) is 6.31. The number of nitrogens with one attached hydrogen (secondary N) is 1. The number of alkyl halides is 3. The van der Waals surface area contributed by atoms with E-state index >= 15 is 4.39 Å². The van der Waals surface area contributed by atoms with E-state index in [1.54, 1.807) is 18.3 Å². The molecule has 1 aliphatic rings. The maximum atomic E-state index is 15.3. The molecule has 6 rings (SSSR count). The predicted octanol–water partition coefficient (Wildman–Crippen LogP) is 3.72. The van der Waals surface area contributed by atoms with Crippen LogP contribution < -0.4 is 16.0 Å². The third-order valence-corrected chi connectivity index (χ3v) is 6.31. The van der Waals surface area contributed by atoms with E-state index in [2.05, 4.69) is 34.8 Å². The molecule has 0 unspecified atom stereocenters. The van der Waals surface area contributed by atoms with Gasteiger partial charge in [0, 0.05) is 50.2 Å². The van der Waals surface area contributed by atoms with Crippen molar-refractivity contribution in [3.63, 3.8) is 0 Å². The summed E-state index contributed by atoms with van der Waals surface area (Å²) in [7, 11) is 0. The summed E-state index contributed by atoms with van der Waals surface area (Å²) in [6.45, 7) is 3.17. The average molecular weight is 541 g/mol. The summed E-state index contributed by atoms with van der Waals surface area (Å²) in [5.41, 5.74) is 1.83. The lowest BCUT2D eigenvalue weighted by atomic mass is 10.1. The molecule has 1 aromatic carbocycles. The van der Waals surface area contributed by atoms with Crippen LogP contribution in [-0.4, -0.2) is 50.9 Å². The number of fused-ring (bicyclic) bond motifs is 1. The van der Waals surface area contributed by atoms with Crippen molar-refractivity contribution in [1.82, 2.24) is 30.0 Å². The van der Waals surface area contributed by atoms with Gasteiger partial charge in [0.05, 0.1) is 23.3 Å². The van der Waals surface area contributed by atoms with E-state index in [4.69, 9.17) is 4.42 Å². The molecule has 4 aromatic heterocycles. The number of hydrogen-bond donors (Lipinski definition) is 1. The Bertz CT molecular complexity index is 1700. The summed E-state index contributed by atoms with van der Waals surface area (Å²) in [6, 6.07) is 9.11. The van der Waals surface area contributed by atoms with E-state index in [-0.39, 0.29) is 34.7 Å². The largest absolute Gasteiger partial charge is 0.470 e. The maximum Gasteiger partial charge on any atom is 0.470 e. The number of pyridine rings is 2. The number of piperazine rings is 1. The number of benzene rings is 1. The fourth-order valence-electron chi connectivity index (χ4n) is 4.37. The summed E-state index contributed by atoms with van der Waals surface area (Å²) < 4.78 is 64.7. The van der Waals surface area contributed by atoms with Crippen LogP contribution >= 0.6 is 0 Å². The van der Waals surface area contributed by atoms with Crippen LogP contribution in [-0.2, 0) is 12.7 Å². The van der Waals surface area contributed by atoms with Crippen molar-refractivity contribution in [3.8, 4) is 22.6 Å². The molecular weight excluding hydrogens is 522 g/mol. The van der Waals surface area contributed by atoms with Gasteiger partial charge in [-0.3, -0.25) is 9.55 Å². The monoisotopic (exact) mass is 541 g/mol. The number of hydrogen-bond acceptors (Lipinski definition) is 9. The minimum atomic E-state index is -4.76. The van der Waals surface area contributed by atoms with Gasteiger partial charge in [-0.2, -0.15) is 13.2 Å². The van der Waals surface area contributed by atoms with E-state index in [0.29, 0.717) is 11.3 Å². The zero-order valence-corrected chi connectivity index (χ0v) is 20.1. The van der Waals surface area contributed by atoms with Crippen LogP contribution in [0.2, 0.25) is 0 Å². The highest BCUT2D eigenvalue weighted by Gasteiger charge is 2.38. The first-order chi connectivity index (χ1) is 18.8. The number of halogens is 4. The zero-order valence-electron chi connectivity index (χ0n) is 20.1. The van der Waals surface area contributed by atoms with Crippen molar-refractivity contribution in [2.45, 2.75) is 12.7 Å². The Hall–Kier alpha value is -4.59. The van der Waals surface area contributed by atoms with Crippen LogP contribution in [0.15, 0.2) is 62.4 Å². The van der Waals surface area contributed by atoms with Gasteiger partial charge in [-0.05, 0) is 35.9 Å². The van der Waals surface area contributed by atoms with Gasteiger partial charge in [0.25, 0.3) is 0 Å². The summed E-state index contributed by atoms with van der Waals surface area (Å²) in [6.07, 6.45) is -1.90. The lowest BCUT2D eigenvalue weighted by molar-refractivity contribution is -0.156. The highest BCUT2D eigenvalue weighted by atomic mass is 19.4. The van der Waals surface area contributed by atoms with E-state index in [9.17, 15) is 18.0 Å². The molecule has 5 heterocycles. The molecule has 0 spiro atoms. The summed E-state index contributed by atoms with van der Waals surface area (Å²) >= 11 is 0. The standard InChI is InChI=1S/C25H19F4N7O3/c26-18-11-19-20(10-17(18)14-3-4-31-21(9-14)35-7-5-30-6-8-35)38-24(37)36(19)13-16-2-1-15(12-32-16)22-33-34-23(39-22)25(27,28)29/h1-4,9-12,30H,5-8,13H2. The fraction of sp³-hybridized carbons (Fsp3) is 0.240. The van der Waals surface area contributed by atoms with Gasteiger partial charge in [-0.1, -0.05) is 0 Å². The van der Waals surface area contributed by atoms with Crippen LogP contribution in [0.3, 0.4) is 0 Å². The first-order valence-electron chi connectivity index (χ1n) is 11.9. The SMILES string of the molecule is O=c1oc2cc(-c3ccnc(N4CCNCC4)c3)c(F)cc2n1Cc1ccc(-c2nnc(C(F)(F)F)o2)cn1. The number of anilines is 1. The second-order valence-corrected chi connectivity index (χ2v) is 8.84. The molecular formula is C25H19F4N7O3. The van der Waals surface area contributed by atoms with Crippen LogP contribution in [0, 0.1) is 5.82 Å². The Morgan fingerprint density at radius 2 is 1.79 bits per heavy atom. The van der Waals surface area contributed by atoms with Gasteiger partial charge in [0.2, 0.25) is 5.89 Å². The Balaban J connectivity index is 1.27. The molecule has 0 atom stereocenters. The molecule has 0 amide bonds. The molecule has 1 N–H and O–H groups in total. The molecule has 14 heteroatoms. The number of rotatable bonds is 5. The highest BCUT2D eigenvalue weighted by Crippen LogP contribution is 2.31. The molecule has 5 aromatic rings. The van der Waals surface area contributed by atoms with Gasteiger partial charge < -0.3 is 19.1 Å². The Morgan fingerprint density at radius 1 is 0.974 bits per heavy atom. The minimum absolute atomic E-state index is 0.0645. The van der Waals surface area contributed by atoms with E-state index in [0.717, 1.165) is 32.0 Å². The molecule has 0 bridgehead atoms. The summed E-state index contributed by atoms with van der Waals surface area (Å²) in [5.74, 6) is -2.34. The van der Waals surface area contributed by atoms with Crippen molar-refractivity contribution < 1.29 is 26.4 Å². The first-order valence-corrected chi connectivity index (χ1v) is 11.9. The Labute approximate surface area is 216 Å². The summed E-state index contributed by atoms with van der Waals surface area (Å²) in [4.78, 5) is 23.3. The van der Waals surface area contributed by atoms with Crippen molar-refractivity contribution >= 4 is 16.9 Å². The van der Waals surface area contributed by atoms with Crippen molar-refractivity contribution in [1.29, 1.82) is 0 Å². The van der Waals surface area contributed by atoms with E-state index in [1.165, 1.54) is 35.0 Å². The second-order valence-electron chi connectivity index (χ2n) is 8.84. The highest BCUT2D eigenvalue weighted by molar-refractivity contribution is 5.81. The van der Waals surface area contributed by atoms with Crippen molar-refractivity contribution in [2.24, 2.45) is 0 Å². The molecule has 0 radical (unpaired) electrons. The third kappa shape index (κ3) is 4.85. The van der Waals surface area contributed by atoms with Gasteiger partial charge in [0.1, 0.15) is 11.6 Å². The average Bonchev–Trinajstić information content (AvgIpc) is 3.55. The molecule has 1 aliphatic heterocycles. The van der Waals surface area contributed by atoms with Gasteiger partial charge in [0.15, 0.2) is 5.58 Å². The molecule has 1 saturated heterocycles. The molecule has 10 nitrogen and oxygen atoms in total. The Morgan fingerprint density at radius 3 is 2.51 bits per heavy atom. The Kier molecular flexibility index (Phi) is 6.10. The number of nitrogens with zero attached hydrogens (tertiary/aromatic N) is 6. The molecule has 0 aliphatic carbocycles. The van der Waals surface area contributed by atoms with Crippen LogP contribution in [0.1, 0.15) is 11.6 Å². The number of aromatic nitrogens is 5. The molecule has 1 fully saturated rings. The smallest absolute Gasteiger partial charge is 0.413 e. The van der Waals surface area contributed by atoms with Crippen LogP contribution in [0.25, 0.3) is 33.7 Å². The van der Waals surface area contributed by atoms with Gasteiger partial charge in [-0.15, -0.1) is 10.2 Å². The molecule has 39 heavy (non-hydrogen) atoms. The zero-order chi connectivity index (χ0) is 27.1. The minimum Gasteiger partial charge on any atom is -0.413 e. The van der Waals surface area contributed by atoms with Crippen molar-refractivity contribution in [3.05, 3.63) is 76.7 Å². The lowest BCUT2D eigenvalue weighted by Gasteiger charge is -2.28. The molecule has 200 valence electrons. The van der Waals surface area contributed by atoms with E-state index in [1.807, 2.05) is 0 Å². The lowest BCUT2D eigenvalue weighted by Crippen LogP contribution is -2.43. The fourth-order valence-corrected chi connectivity index (χ4v) is 4.37. The summed E-state index contributed by atoms with van der Waals surface area (Å²) in [5, 5.41) is 9.65. The maximum absolute atomic E-state index is 15.3. The van der Waals surface area contributed by atoms with Crippen LogP contribution in [0.4, 0.5) is 23.4 Å². The first kappa shape index (κ1) is 24.7. The second kappa shape index (κ2) is 9.62. The topological polar surface area (TPSA) is 115 Å². The van der Waals surface area contributed by atoms with E-state index < -0.39 is 23.6 Å².